The molecule has 0 aliphatic rings. The highest BCUT2D eigenvalue weighted by Crippen LogP contribution is 2.05. The second-order valence-corrected chi connectivity index (χ2v) is 2.79. The molecular weight excluding hydrogens is 180 g/mol. The van der Waals surface area contributed by atoms with E-state index in [0.717, 1.165) is 0 Å². The van der Waals surface area contributed by atoms with Gasteiger partial charge in [-0.25, -0.2) is 4.99 Å². The van der Waals surface area contributed by atoms with Gasteiger partial charge in [0.2, 0.25) is 0 Å². The first-order chi connectivity index (χ1) is 6.56. The van der Waals surface area contributed by atoms with Gasteiger partial charge in [0.25, 0.3) is 0 Å². The lowest BCUT2D eigenvalue weighted by molar-refractivity contribution is 0.374. The second kappa shape index (κ2) is 5.60. The van der Waals surface area contributed by atoms with Gasteiger partial charge in [-0.1, -0.05) is 13.8 Å². The zero-order chi connectivity index (χ0) is 11.1. The summed E-state index contributed by atoms with van der Waals surface area (Å²) in [5, 5.41) is 17.1. The van der Waals surface area contributed by atoms with Gasteiger partial charge in [0, 0.05) is 5.92 Å². The SMILES string of the molecule is COC(=N/C(C#N)=C(\N)C#N)C(C)C. The normalized spacial score (nSPS) is 12.9. The van der Waals surface area contributed by atoms with Crippen molar-refractivity contribution in [1.29, 1.82) is 10.5 Å². The van der Waals surface area contributed by atoms with E-state index in [1.807, 2.05) is 13.8 Å². The van der Waals surface area contributed by atoms with Crippen LogP contribution in [0.1, 0.15) is 13.8 Å². The highest BCUT2D eigenvalue weighted by atomic mass is 16.5. The molecule has 0 aliphatic heterocycles. The van der Waals surface area contributed by atoms with Gasteiger partial charge in [0.1, 0.15) is 17.8 Å². The Morgan fingerprint density at radius 3 is 2.21 bits per heavy atom. The summed E-state index contributed by atoms with van der Waals surface area (Å²) in [6.45, 7) is 3.72. The fourth-order valence-electron chi connectivity index (χ4n) is 0.719. The first kappa shape index (κ1) is 12.0. The molecule has 0 heterocycles. The summed E-state index contributed by atoms with van der Waals surface area (Å²) in [7, 11) is 1.45. The van der Waals surface area contributed by atoms with Crippen LogP contribution in [0.5, 0.6) is 0 Å². The Balaban J connectivity index is 5.15. The van der Waals surface area contributed by atoms with Crippen LogP contribution < -0.4 is 5.73 Å². The number of nitriles is 2. The average molecular weight is 192 g/mol. The van der Waals surface area contributed by atoms with E-state index in [4.69, 9.17) is 21.0 Å². The van der Waals surface area contributed by atoms with Crippen molar-refractivity contribution >= 4 is 5.90 Å². The van der Waals surface area contributed by atoms with Crippen LogP contribution in [-0.2, 0) is 4.74 Å². The van der Waals surface area contributed by atoms with Gasteiger partial charge in [0.05, 0.1) is 7.11 Å². The summed E-state index contributed by atoms with van der Waals surface area (Å²) in [5.41, 5.74) is 4.95. The predicted molar refractivity (Wildman–Crippen MR) is 51.7 cm³/mol. The maximum Gasteiger partial charge on any atom is 0.191 e. The highest BCUT2D eigenvalue weighted by Gasteiger charge is 2.08. The molecule has 0 saturated heterocycles. The molecule has 74 valence electrons. The molecule has 0 aromatic heterocycles. The smallest absolute Gasteiger partial charge is 0.191 e. The van der Waals surface area contributed by atoms with Crippen LogP contribution >= 0.6 is 0 Å². The van der Waals surface area contributed by atoms with Crippen molar-refractivity contribution in [3.05, 3.63) is 11.4 Å². The molecule has 0 spiro atoms. The van der Waals surface area contributed by atoms with Gasteiger partial charge >= 0.3 is 0 Å². The van der Waals surface area contributed by atoms with E-state index < -0.39 is 0 Å². The Morgan fingerprint density at radius 1 is 1.36 bits per heavy atom. The topological polar surface area (TPSA) is 95.2 Å². The number of hydrogen-bond acceptors (Lipinski definition) is 5. The van der Waals surface area contributed by atoms with E-state index >= 15 is 0 Å². The van der Waals surface area contributed by atoms with Crippen molar-refractivity contribution in [2.75, 3.05) is 7.11 Å². The highest BCUT2D eigenvalue weighted by molar-refractivity contribution is 5.79. The van der Waals surface area contributed by atoms with E-state index in [1.54, 1.807) is 12.1 Å². The zero-order valence-corrected chi connectivity index (χ0v) is 8.40. The first-order valence-electron chi connectivity index (χ1n) is 3.99. The monoisotopic (exact) mass is 192 g/mol. The molecule has 0 aliphatic carbocycles. The molecule has 2 N–H and O–H groups in total. The molecule has 0 aromatic carbocycles. The number of hydrogen-bond donors (Lipinski definition) is 1. The van der Waals surface area contributed by atoms with Gasteiger partial charge < -0.3 is 10.5 Å². The van der Waals surface area contributed by atoms with Crippen LogP contribution in [0.25, 0.3) is 0 Å². The molecule has 14 heavy (non-hydrogen) atoms. The van der Waals surface area contributed by atoms with Gasteiger partial charge in [-0.2, -0.15) is 10.5 Å². The molecule has 5 nitrogen and oxygen atoms in total. The van der Waals surface area contributed by atoms with Gasteiger partial charge in [-0.15, -0.1) is 0 Å². The number of allylic oxidation sites excluding steroid dienone is 2. The Labute approximate surface area is 83.1 Å². The molecule has 0 rings (SSSR count). The summed E-state index contributed by atoms with van der Waals surface area (Å²) in [6.07, 6.45) is 0. The van der Waals surface area contributed by atoms with Crippen molar-refractivity contribution in [2.24, 2.45) is 16.6 Å². The third-order valence-electron chi connectivity index (χ3n) is 1.41. The maximum atomic E-state index is 8.65. The van der Waals surface area contributed by atoms with Crippen molar-refractivity contribution in [2.45, 2.75) is 13.8 Å². The van der Waals surface area contributed by atoms with E-state index in [-0.39, 0.29) is 17.3 Å². The number of rotatable bonds is 2. The molecule has 0 aromatic rings. The molecule has 0 radical (unpaired) electrons. The van der Waals surface area contributed by atoms with Crippen LogP contribution in [0.2, 0.25) is 0 Å². The van der Waals surface area contributed by atoms with Crippen LogP contribution in [-0.4, -0.2) is 13.0 Å². The lowest BCUT2D eigenvalue weighted by Gasteiger charge is -2.07. The second-order valence-electron chi connectivity index (χ2n) is 2.79. The van der Waals surface area contributed by atoms with Crippen molar-refractivity contribution < 1.29 is 4.74 Å². The van der Waals surface area contributed by atoms with Crippen LogP contribution in [0.15, 0.2) is 16.4 Å². The number of nitrogens with zero attached hydrogens (tertiary/aromatic N) is 3. The van der Waals surface area contributed by atoms with E-state index in [2.05, 4.69) is 4.99 Å². The van der Waals surface area contributed by atoms with E-state index in [9.17, 15) is 0 Å². The minimum absolute atomic E-state index is 0.0369. The van der Waals surface area contributed by atoms with Crippen molar-refractivity contribution in [3.8, 4) is 12.1 Å². The Bertz CT molecular complexity index is 341. The van der Waals surface area contributed by atoms with Gasteiger partial charge in [-0.3, -0.25) is 0 Å². The molecule has 0 bridgehead atoms. The van der Waals surface area contributed by atoms with Gasteiger partial charge in [-0.05, 0) is 0 Å². The average Bonchev–Trinajstić information content (AvgIpc) is 2.18. The molecule has 5 heteroatoms. The Morgan fingerprint density at radius 2 is 1.93 bits per heavy atom. The quantitative estimate of drug-likeness (QED) is 0.399. The minimum Gasteiger partial charge on any atom is -0.484 e. The predicted octanol–water partition coefficient (Wildman–Crippen LogP) is 0.905. The molecule has 0 fully saturated rings. The van der Waals surface area contributed by atoms with Crippen LogP contribution in [0.3, 0.4) is 0 Å². The lowest BCUT2D eigenvalue weighted by atomic mass is 10.2. The summed E-state index contributed by atoms with van der Waals surface area (Å²) in [4.78, 5) is 3.85. The summed E-state index contributed by atoms with van der Waals surface area (Å²) in [5.74, 6) is 0.412. The third kappa shape index (κ3) is 3.16. The lowest BCUT2D eigenvalue weighted by Crippen LogP contribution is -2.11. The van der Waals surface area contributed by atoms with Crippen LogP contribution in [0.4, 0.5) is 0 Å². The van der Waals surface area contributed by atoms with Crippen LogP contribution in [0, 0.1) is 28.6 Å². The Hall–Kier alpha value is -2.01. The first-order valence-corrected chi connectivity index (χ1v) is 3.99. The standard InChI is InChI=1S/C9H12N4O/c1-6(2)9(14-3)13-8(5-11)7(12)4-10/h6H,12H2,1-3H3/b8-7-,13-9?. The van der Waals surface area contributed by atoms with Gasteiger partial charge in [0.15, 0.2) is 11.6 Å². The molecule has 0 atom stereocenters. The zero-order valence-electron chi connectivity index (χ0n) is 8.40. The fourth-order valence-corrected chi connectivity index (χ4v) is 0.719. The van der Waals surface area contributed by atoms with E-state index in [0.29, 0.717) is 5.90 Å². The molecule has 0 amide bonds. The fraction of sp³-hybridized carbons (Fsp3) is 0.444. The van der Waals surface area contributed by atoms with E-state index in [1.165, 1.54) is 7.11 Å². The van der Waals surface area contributed by atoms with Crippen molar-refractivity contribution in [1.82, 2.24) is 0 Å². The third-order valence-corrected chi connectivity index (χ3v) is 1.41. The summed E-state index contributed by atoms with van der Waals surface area (Å²) >= 11 is 0. The summed E-state index contributed by atoms with van der Waals surface area (Å²) < 4.78 is 4.94. The van der Waals surface area contributed by atoms with Crippen molar-refractivity contribution in [3.63, 3.8) is 0 Å². The number of methoxy groups -OCH3 is 1. The Kier molecular flexibility index (Phi) is 4.80. The number of aliphatic imine (C=N–C) groups is 1. The minimum atomic E-state index is -0.206. The molecule has 0 unspecified atom stereocenters. The molecular formula is C9H12N4O. The maximum absolute atomic E-state index is 8.65. The summed E-state index contributed by atoms with van der Waals surface area (Å²) in [6, 6.07) is 3.39. The number of nitrogens with two attached hydrogens (primary N) is 1. The molecule has 0 saturated carbocycles. The number of ether oxygens (including phenoxy) is 1. The largest absolute Gasteiger partial charge is 0.484 e.